The number of hydrogen-bond donors (Lipinski definition) is 0. The van der Waals surface area contributed by atoms with E-state index in [0.29, 0.717) is 35.6 Å². The summed E-state index contributed by atoms with van der Waals surface area (Å²) < 4.78 is 10.0. The van der Waals surface area contributed by atoms with Crippen molar-refractivity contribution < 1.29 is 24.2 Å². The highest BCUT2D eigenvalue weighted by molar-refractivity contribution is 6.09. The molecule has 0 aromatic heterocycles. The minimum absolute atomic E-state index is 0.162. The second-order valence-electron chi connectivity index (χ2n) is 4.73. The van der Waals surface area contributed by atoms with Crippen molar-refractivity contribution in [3.63, 3.8) is 0 Å². The molecule has 0 aliphatic carbocycles. The van der Waals surface area contributed by atoms with Crippen molar-refractivity contribution in [2.75, 3.05) is 13.2 Å². The van der Waals surface area contributed by atoms with Gasteiger partial charge in [-0.15, -0.1) is 0 Å². The molecule has 0 aliphatic heterocycles. The minimum Gasteiger partial charge on any atom is -0.864 e. The molecule has 0 amide bonds. The molecule has 124 valence electrons. The van der Waals surface area contributed by atoms with Gasteiger partial charge in [-0.2, -0.15) is 0 Å². The standard InChI is InChI=1S/C18H17NO5/c1-2-23-17(21)11-24-16-9-5-14(6-10-16)18(22)13-3-7-15(8-4-13)19-12-20/h3-10,12H,2,11H2,1H3,(H,19,20)/p-1. The number of esters is 1. The van der Waals surface area contributed by atoms with Crippen molar-refractivity contribution in [1.82, 2.24) is 0 Å². The Labute approximate surface area is 139 Å². The summed E-state index contributed by atoms with van der Waals surface area (Å²) >= 11 is 0. The fraction of sp³-hybridized carbons (Fsp3) is 0.167. The molecule has 0 radical (unpaired) electrons. The van der Waals surface area contributed by atoms with E-state index in [1.165, 1.54) is 0 Å². The molecule has 0 spiro atoms. The first kappa shape index (κ1) is 17.2. The first-order valence-electron chi connectivity index (χ1n) is 7.31. The molecule has 0 saturated heterocycles. The van der Waals surface area contributed by atoms with Gasteiger partial charge >= 0.3 is 5.97 Å². The summed E-state index contributed by atoms with van der Waals surface area (Å²) in [4.78, 5) is 27.2. The number of nitrogens with zero attached hydrogens (tertiary/aromatic N) is 1. The van der Waals surface area contributed by atoms with Crippen molar-refractivity contribution in [3.8, 4) is 5.75 Å². The first-order chi connectivity index (χ1) is 11.6. The van der Waals surface area contributed by atoms with Gasteiger partial charge in [-0.1, -0.05) is 6.40 Å². The highest BCUT2D eigenvalue weighted by Crippen LogP contribution is 2.18. The minimum atomic E-state index is -0.446. The Morgan fingerprint density at radius 1 is 1.04 bits per heavy atom. The molecule has 2 aromatic carbocycles. The normalized spacial score (nSPS) is 10.5. The lowest BCUT2D eigenvalue weighted by atomic mass is 10.0. The summed E-state index contributed by atoms with van der Waals surface area (Å²) in [7, 11) is 0. The van der Waals surface area contributed by atoms with Crippen LogP contribution in [0.2, 0.25) is 0 Å². The molecule has 0 unspecified atom stereocenters. The maximum Gasteiger partial charge on any atom is 0.344 e. The highest BCUT2D eigenvalue weighted by Gasteiger charge is 2.09. The average molecular weight is 326 g/mol. The topological polar surface area (TPSA) is 88.0 Å². The van der Waals surface area contributed by atoms with Crippen molar-refractivity contribution in [3.05, 3.63) is 59.7 Å². The van der Waals surface area contributed by atoms with E-state index in [1.54, 1.807) is 55.5 Å². The van der Waals surface area contributed by atoms with E-state index in [1.807, 2.05) is 0 Å². The zero-order valence-corrected chi connectivity index (χ0v) is 13.1. The van der Waals surface area contributed by atoms with Crippen molar-refractivity contribution in [1.29, 1.82) is 0 Å². The molecule has 2 aromatic rings. The van der Waals surface area contributed by atoms with Crippen LogP contribution in [0.4, 0.5) is 5.69 Å². The number of ether oxygens (including phenoxy) is 2. The van der Waals surface area contributed by atoms with Crippen LogP contribution in [0.1, 0.15) is 22.8 Å². The lowest BCUT2D eigenvalue weighted by Crippen LogP contribution is -2.14. The van der Waals surface area contributed by atoms with E-state index in [2.05, 4.69) is 4.99 Å². The molecule has 0 saturated carbocycles. The molecular weight excluding hydrogens is 310 g/mol. The Kier molecular flexibility index (Phi) is 6.08. The third-order valence-corrected chi connectivity index (χ3v) is 3.11. The van der Waals surface area contributed by atoms with E-state index >= 15 is 0 Å². The molecule has 0 bridgehead atoms. The molecular formula is C18H16NO5-. The average Bonchev–Trinajstić information content (AvgIpc) is 2.61. The van der Waals surface area contributed by atoms with Gasteiger partial charge in [-0.05, 0) is 55.5 Å². The summed E-state index contributed by atoms with van der Waals surface area (Å²) in [6.07, 6.45) is 0.450. The van der Waals surface area contributed by atoms with E-state index in [0.717, 1.165) is 0 Å². The van der Waals surface area contributed by atoms with E-state index in [-0.39, 0.29) is 12.4 Å². The molecule has 24 heavy (non-hydrogen) atoms. The monoisotopic (exact) mass is 326 g/mol. The fourth-order valence-electron chi connectivity index (χ4n) is 1.97. The van der Waals surface area contributed by atoms with Gasteiger partial charge in [0.15, 0.2) is 12.4 Å². The number of carbonyl (C=O) groups is 2. The number of carbonyl (C=O) groups excluding carboxylic acids is 2. The van der Waals surface area contributed by atoms with Gasteiger partial charge < -0.3 is 14.6 Å². The van der Waals surface area contributed by atoms with E-state index < -0.39 is 5.97 Å². The Balaban J connectivity index is 2.01. The van der Waals surface area contributed by atoms with Crippen LogP contribution in [0.5, 0.6) is 5.75 Å². The van der Waals surface area contributed by atoms with Gasteiger partial charge in [0.1, 0.15) is 5.75 Å². The molecule has 6 nitrogen and oxygen atoms in total. The van der Waals surface area contributed by atoms with Gasteiger partial charge in [0, 0.05) is 11.1 Å². The number of benzene rings is 2. The second-order valence-corrected chi connectivity index (χ2v) is 4.73. The zero-order valence-electron chi connectivity index (χ0n) is 13.1. The number of hydrogen-bond acceptors (Lipinski definition) is 6. The fourth-order valence-corrected chi connectivity index (χ4v) is 1.97. The third-order valence-electron chi connectivity index (χ3n) is 3.11. The summed E-state index contributed by atoms with van der Waals surface area (Å²) in [6, 6.07) is 12.9. The molecule has 6 heteroatoms. The van der Waals surface area contributed by atoms with Crippen LogP contribution in [-0.4, -0.2) is 31.4 Å². The van der Waals surface area contributed by atoms with Crippen LogP contribution < -0.4 is 9.84 Å². The summed E-state index contributed by atoms with van der Waals surface area (Å²) in [5.74, 6) is -0.136. The van der Waals surface area contributed by atoms with Gasteiger partial charge in [0.2, 0.25) is 0 Å². The molecule has 0 N–H and O–H groups in total. The maximum atomic E-state index is 12.4. The molecule has 0 fully saturated rings. The van der Waals surface area contributed by atoms with Crippen molar-refractivity contribution >= 4 is 23.8 Å². The van der Waals surface area contributed by atoms with Gasteiger partial charge in [-0.25, -0.2) is 4.79 Å². The summed E-state index contributed by atoms with van der Waals surface area (Å²) in [5, 5.41) is 10.3. The predicted molar refractivity (Wildman–Crippen MR) is 86.6 cm³/mol. The van der Waals surface area contributed by atoms with E-state index in [9.17, 15) is 14.7 Å². The van der Waals surface area contributed by atoms with Crippen LogP contribution >= 0.6 is 0 Å². The van der Waals surface area contributed by atoms with Crippen molar-refractivity contribution in [2.45, 2.75) is 6.92 Å². The van der Waals surface area contributed by atoms with Gasteiger partial charge in [0.05, 0.1) is 12.3 Å². The third kappa shape index (κ3) is 4.67. The van der Waals surface area contributed by atoms with Crippen LogP contribution in [0, 0.1) is 0 Å². The van der Waals surface area contributed by atoms with Crippen LogP contribution in [-0.2, 0) is 9.53 Å². The number of ketones is 1. The zero-order chi connectivity index (χ0) is 17.4. The van der Waals surface area contributed by atoms with Crippen LogP contribution in [0.25, 0.3) is 0 Å². The van der Waals surface area contributed by atoms with Gasteiger partial charge in [0.25, 0.3) is 0 Å². The lowest BCUT2D eigenvalue weighted by molar-refractivity contribution is -0.200. The lowest BCUT2D eigenvalue weighted by Gasteiger charge is -2.07. The largest absolute Gasteiger partial charge is 0.864 e. The maximum absolute atomic E-state index is 12.4. The SMILES string of the molecule is CCOC(=O)COc1ccc(C(=O)c2ccc(N=C[O-])cc2)cc1. The molecule has 2 rings (SSSR count). The van der Waals surface area contributed by atoms with Gasteiger partial charge in [-0.3, -0.25) is 9.79 Å². The van der Waals surface area contributed by atoms with E-state index in [4.69, 9.17) is 9.47 Å². The van der Waals surface area contributed by atoms with Crippen LogP contribution in [0.3, 0.4) is 0 Å². The van der Waals surface area contributed by atoms with Crippen LogP contribution in [0.15, 0.2) is 53.5 Å². The Bertz CT molecular complexity index is 720. The Hall–Kier alpha value is -3.15. The first-order valence-corrected chi connectivity index (χ1v) is 7.31. The second kappa shape index (κ2) is 8.47. The summed E-state index contributed by atoms with van der Waals surface area (Å²) in [5.41, 5.74) is 1.46. The quantitative estimate of drug-likeness (QED) is 0.335. The molecule has 0 heterocycles. The smallest absolute Gasteiger partial charge is 0.344 e. The van der Waals surface area contributed by atoms with Crippen molar-refractivity contribution in [2.24, 2.45) is 4.99 Å². The molecule has 0 aliphatic rings. The summed E-state index contributed by atoms with van der Waals surface area (Å²) in [6.45, 7) is 1.84. The highest BCUT2D eigenvalue weighted by atomic mass is 16.6. The number of aliphatic imine (C=N–C) groups is 1. The number of rotatable bonds is 7. The molecule has 0 atom stereocenters. The predicted octanol–water partition coefficient (Wildman–Crippen LogP) is 1.88. The Morgan fingerprint density at radius 3 is 2.17 bits per heavy atom. The Morgan fingerprint density at radius 2 is 1.62 bits per heavy atom.